The summed E-state index contributed by atoms with van der Waals surface area (Å²) in [5.74, 6) is -0.816. The van der Waals surface area contributed by atoms with Crippen molar-refractivity contribution in [2.24, 2.45) is 5.41 Å². The summed E-state index contributed by atoms with van der Waals surface area (Å²) in [6, 6.07) is 2.48. The number of hydrogen-bond acceptors (Lipinski definition) is 3. The minimum absolute atomic E-state index is 0.0406. The maximum absolute atomic E-state index is 14.0. The van der Waals surface area contributed by atoms with Gasteiger partial charge in [-0.15, -0.1) is 0 Å². The summed E-state index contributed by atoms with van der Waals surface area (Å²) in [6.07, 6.45) is 4.18. The molecule has 0 spiro atoms. The van der Waals surface area contributed by atoms with Gasteiger partial charge in [-0.2, -0.15) is 0 Å². The lowest BCUT2D eigenvalue weighted by atomic mass is 9.89. The highest BCUT2D eigenvalue weighted by Crippen LogP contribution is 2.37. The lowest BCUT2D eigenvalue weighted by Gasteiger charge is -2.23. The number of nitrogens with one attached hydrogen (secondary N) is 1. The molecule has 3 N–H and O–H groups in total. The van der Waals surface area contributed by atoms with E-state index in [0.717, 1.165) is 31.7 Å². The van der Waals surface area contributed by atoms with Gasteiger partial charge in [-0.1, -0.05) is 19.8 Å². The van der Waals surface area contributed by atoms with Crippen LogP contribution in [0.5, 0.6) is 0 Å². The summed E-state index contributed by atoms with van der Waals surface area (Å²) >= 11 is 2.97. The smallest absolute Gasteiger partial charge is 0.243 e. The first-order valence-corrected chi connectivity index (χ1v) is 8.75. The molecule has 0 bridgehead atoms. The largest absolute Gasteiger partial charge is 0.399 e. The standard InChI is InChI=1S/C13H18BrFN2O2S/c1-13(4-2-3-5-13)8-17-20(18,19)11-7-9(16)6-10(14)12(11)15/h6-7,17H,2-5,8,16H2,1H3. The zero-order valence-corrected chi connectivity index (χ0v) is 13.7. The number of anilines is 1. The van der Waals surface area contributed by atoms with Gasteiger partial charge in [-0.25, -0.2) is 17.5 Å². The first kappa shape index (κ1) is 15.7. The molecular weight excluding hydrogens is 347 g/mol. The zero-order chi connectivity index (χ0) is 15.0. The lowest BCUT2D eigenvalue weighted by Crippen LogP contribution is -2.34. The van der Waals surface area contributed by atoms with E-state index in [9.17, 15) is 12.8 Å². The van der Waals surface area contributed by atoms with Crippen molar-refractivity contribution < 1.29 is 12.8 Å². The average molecular weight is 365 g/mol. The fourth-order valence-corrected chi connectivity index (χ4v) is 4.47. The molecule has 1 aromatic carbocycles. The molecule has 0 amide bonds. The summed E-state index contributed by atoms with van der Waals surface area (Å²) in [5, 5.41) is 0. The minimum atomic E-state index is -3.90. The van der Waals surface area contributed by atoms with Gasteiger partial charge in [-0.3, -0.25) is 0 Å². The molecule has 1 aliphatic rings. The highest BCUT2D eigenvalue weighted by atomic mass is 79.9. The number of rotatable bonds is 4. The van der Waals surface area contributed by atoms with Crippen LogP contribution in [0, 0.1) is 11.2 Å². The Bertz CT molecular complexity index is 613. The Morgan fingerprint density at radius 3 is 2.60 bits per heavy atom. The molecule has 0 atom stereocenters. The van der Waals surface area contributed by atoms with Crippen LogP contribution in [-0.2, 0) is 10.0 Å². The molecule has 112 valence electrons. The number of hydrogen-bond donors (Lipinski definition) is 2. The van der Waals surface area contributed by atoms with Crippen LogP contribution in [0.25, 0.3) is 0 Å². The molecule has 0 radical (unpaired) electrons. The van der Waals surface area contributed by atoms with E-state index in [-0.39, 0.29) is 15.6 Å². The van der Waals surface area contributed by atoms with E-state index in [2.05, 4.69) is 20.7 Å². The number of nitrogens with two attached hydrogens (primary N) is 1. The van der Waals surface area contributed by atoms with Crippen LogP contribution in [-0.4, -0.2) is 15.0 Å². The van der Waals surface area contributed by atoms with Gasteiger partial charge in [0.05, 0.1) is 4.47 Å². The SMILES string of the molecule is CC1(CNS(=O)(=O)c2cc(N)cc(Br)c2F)CCCC1. The highest BCUT2D eigenvalue weighted by Gasteiger charge is 2.31. The molecule has 1 aromatic rings. The van der Waals surface area contributed by atoms with Crippen molar-refractivity contribution in [2.75, 3.05) is 12.3 Å². The van der Waals surface area contributed by atoms with Crippen LogP contribution in [0.4, 0.5) is 10.1 Å². The molecular formula is C13H18BrFN2O2S. The Morgan fingerprint density at radius 2 is 2.00 bits per heavy atom. The van der Waals surface area contributed by atoms with Crippen molar-refractivity contribution in [3.8, 4) is 0 Å². The second kappa shape index (κ2) is 5.61. The molecule has 0 aromatic heterocycles. The van der Waals surface area contributed by atoms with Crippen molar-refractivity contribution >= 4 is 31.6 Å². The second-order valence-electron chi connectivity index (χ2n) is 5.66. The van der Waals surface area contributed by atoms with Crippen LogP contribution in [0.1, 0.15) is 32.6 Å². The van der Waals surface area contributed by atoms with E-state index in [1.165, 1.54) is 6.07 Å². The summed E-state index contributed by atoms with van der Waals surface area (Å²) in [4.78, 5) is -0.411. The Balaban J connectivity index is 2.22. The number of nitrogen functional groups attached to an aromatic ring is 1. The molecule has 1 aliphatic carbocycles. The van der Waals surface area contributed by atoms with E-state index >= 15 is 0 Å². The van der Waals surface area contributed by atoms with Crippen molar-refractivity contribution in [1.82, 2.24) is 4.72 Å². The molecule has 0 heterocycles. The molecule has 2 rings (SSSR count). The topological polar surface area (TPSA) is 72.2 Å². The van der Waals surface area contributed by atoms with Crippen LogP contribution in [0.2, 0.25) is 0 Å². The van der Waals surface area contributed by atoms with E-state index in [4.69, 9.17) is 5.73 Å². The molecule has 0 aliphatic heterocycles. The molecule has 1 saturated carbocycles. The number of sulfonamides is 1. The number of halogens is 2. The average Bonchev–Trinajstić information content (AvgIpc) is 2.79. The van der Waals surface area contributed by atoms with Crippen LogP contribution >= 0.6 is 15.9 Å². The molecule has 20 heavy (non-hydrogen) atoms. The predicted octanol–water partition coefficient (Wildman–Crippen LogP) is 3.03. The fraction of sp³-hybridized carbons (Fsp3) is 0.538. The minimum Gasteiger partial charge on any atom is -0.399 e. The van der Waals surface area contributed by atoms with Crippen molar-refractivity contribution in [1.29, 1.82) is 0 Å². The summed E-state index contributed by atoms with van der Waals surface area (Å²) < 4.78 is 41.0. The fourth-order valence-electron chi connectivity index (χ4n) is 2.53. The Hall–Kier alpha value is -0.660. The van der Waals surface area contributed by atoms with Gasteiger partial charge in [0.1, 0.15) is 4.90 Å². The summed E-state index contributed by atoms with van der Waals surface area (Å²) in [6.45, 7) is 2.37. The van der Waals surface area contributed by atoms with E-state index in [1.807, 2.05) is 6.92 Å². The van der Waals surface area contributed by atoms with Gasteiger partial charge in [-0.05, 0) is 46.3 Å². The van der Waals surface area contributed by atoms with Crippen LogP contribution in [0.15, 0.2) is 21.5 Å². The molecule has 0 saturated heterocycles. The second-order valence-corrected chi connectivity index (χ2v) is 8.25. The van der Waals surface area contributed by atoms with E-state index in [1.54, 1.807) is 0 Å². The summed E-state index contributed by atoms with van der Waals surface area (Å²) in [7, 11) is -3.90. The highest BCUT2D eigenvalue weighted by molar-refractivity contribution is 9.10. The number of benzene rings is 1. The maximum atomic E-state index is 14.0. The van der Waals surface area contributed by atoms with Gasteiger partial charge in [0.15, 0.2) is 5.82 Å². The zero-order valence-electron chi connectivity index (χ0n) is 11.2. The van der Waals surface area contributed by atoms with E-state index in [0.29, 0.717) is 6.54 Å². The molecule has 4 nitrogen and oxygen atoms in total. The monoisotopic (exact) mass is 364 g/mol. The first-order chi connectivity index (χ1) is 9.23. The van der Waals surface area contributed by atoms with Crippen molar-refractivity contribution in [3.05, 3.63) is 22.4 Å². The Kier molecular flexibility index (Phi) is 4.41. The maximum Gasteiger partial charge on any atom is 0.243 e. The van der Waals surface area contributed by atoms with Gasteiger partial charge >= 0.3 is 0 Å². The molecule has 1 fully saturated rings. The molecule has 0 unspecified atom stereocenters. The van der Waals surface area contributed by atoms with E-state index < -0.39 is 20.7 Å². The van der Waals surface area contributed by atoms with Crippen LogP contribution in [0.3, 0.4) is 0 Å². The molecule has 7 heteroatoms. The van der Waals surface area contributed by atoms with Gasteiger partial charge in [0.25, 0.3) is 0 Å². The lowest BCUT2D eigenvalue weighted by molar-refractivity contribution is 0.336. The van der Waals surface area contributed by atoms with Gasteiger partial charge in [0.2, 0.25) is 10.0 Å². The van der Waals surface area contributed by atoms with Gasteiger partial charge < -0.3 is 5.73 Å². The normalized spacial score (nSPS) is 18.4. The first-order valence-electron chi connectivity index (χ1n) is 6.48. The predicted molar refractivity (Wildman–Crippen MR) is 80.3 cm³/mol. The van der Waals surface area contributed by atoms with Gasteiger partial charge in [0, 0.05) is 12.2 Å². The third-order valence-electron chi connectivity index (χ3n) is 3.81. The summed E-state index contributed by atoms with van der Waals surface area (Å²) in [5.41, 5.74) is 5.74. The quantitative estimate of drug-likeness (QED) is 0.806. The Labute approximate surface area is 127 Å². The third kappa shape index (κ3) is 3.32. The third-order valence-corrected chi connectivity index (χ3v) is 5.78. The van der Waals surface area contributed by atoms with Crippen molar-refractivity contribution in [2.45, 2.75) is 37.5 Å². The van der Waals surface area contributed by atoms with Crippen LogP contribution < -0.4 is 10.5 Å². The Morgan fingerprint density at radius 1 is 1.40 bits per heavy atom. The van der Waals surface area contributed by atoms with Crippen molar-refractivity contribution in [3.63, 3.8) is 0 Å².